The zero-order chi connectivity index (χ0) is 14.4. The van der Waals surface area contributed by atoms with Crippen molar-refractivity contribution in [1.29, 1.82) is 0 Å². The van der Waals surface area contributed by atoms with E-state index in [0.29, 0.717) is 23.9 Å². The molecule has 0 aliphatic heterocycles. The molecule has 0 spiro atoms. The van der Waals surface area contributed by atoms with Gasteiger partial charge in [0.25, 0.3) is 0 Å². The molecule has 0 amide bonds. The highest BCUT2D eigenvalue weighted by molar-refractivity contribution is 5.39. The molecular weight excluding hydrogens is 259 g/mol. The minimum atomic E-state index is -0.506. The summed E-state index contributed by atoms with van der Waals surface area (Å²) in [6, 6.07) is 12.1. The van der Waals surface area contributed by atoms with E-state index in [4.69, 9.17) is 9.47 Å². The van der Waals surface area contributed by atoms with Gasteiger partial charge in [-0.2, -0.15) is 4.39 Å². The van der Waals surface area contributed by atoms with Crippen LogP contribution in [-0.4, -0.2) is 24.7 Å². The van der Waals surface area contributed by atoms with Gasteiger partial charge in [-0.3, -0.25) is 0 Å². The number of hydrogen-bond acceptors (Lipinski definition) is 4. The van der Waals surface area contributed by atoms with Crippen molar-refractivity contribution in [2.24, 2.45) is 0 Å². The van der Waals surface area contributed by atoms with Gasteiger partial charge in [0, 0.05) is 0 Å². The first-order valence-corrected chi connectivity index (χ1v) is 6.35. The lowest BCUT2D eigenvalue weighted by Gasteiger charge is -2.17. The number of para-hydroxylation sites is 2. The summed E-state index contributed by atoms with van der Waals surface area (Å²) in [4.78, 5) is 3.73. The topological polar surface area (TPSA) is 43.4 Å². The molecular formula is C15H17FN2O2. The summed E-state index contributed by atoms with van der Waals surface area (Å²) in [6.45, 7) is 2.42. The molecule has 20 heavy (non-hydrogen) atoms. The molecule has 5 heteroatoms. The van der Waals surface area contributed by atoms with E-state index in [1.54, 1.807) is 19.2 Å². The van der Waals surface area contributed by atoms with Crippen LogP contribution in [0.5, 0.6) is 11.5 Å². The number of nitrogens with zero attached hydrogens (tertiary/aromatic N) is 1. The molecule has 1 heterocycles. The number of halogens is 1. The summed E-state index contributed by atoms with van der Waals surface area (Å²) in [5.41, 5.74) is 0. The number of benzene rings is 1. The SMILES string of the molecule is COc1ccccc1OC(C)CNc1cccc(F)n1. The highest BCUT2D eigenvalue weighted by Gasteiger charge is 2.08. The Bertz CT molecular complexity index is 563. The normalized spacial score (nSPS) is 11.8. The van der Waals surface area contributed by atoms with Crippen LogP contribution in [0.2, 0.25) is 0 Å². The number of anilines is 1. The lowest BCUT2D eigenvalue weighted by atomic mass is 10.3. The molecule has 0 saturated carbocycles. The van der Waals surface area contributed by atoms with E-state index in [9.17, 15) is 4.39 Å². The lowest BCUT2D eigenvalue weighted by Crippen LogP contribution is -2.23. The first kappa shape index (κ1) is 14.1. The standard InChI is InChI=1S/C15H17FN2O2/c1-11(10-17-15-9-5-8-14(16)18-15)20-13-7-4-3-6-12(13)19-2/h3-9,11H,10H2,1-2H3,(H,17,18). The van der Waals surface area contributed by atoms with E-state index in [0.717, 1.165) is 0 Å². The largest absolute Gasteiger partial charge is 0.493 e. The third-order valence-corrected chi connectivity index (χ3v) is 2.68. The van der Waals surface area contributed by atoms with Gasteiger partial charge in [0.05, 0.1) is 13.7 Å². The van der Waals surface area contributed by atoms with Crippen molar-refractivity contribution in [2.75, 3.05) is 19.0 Å². The quantitative estimate of drug-likeness (QED) is 0.823. The number of hydrogen-bond donors (Lipinski definition) is 1. The van der Waals surface area contributed by atoms with Gasteiger partial charge in [-0.05, 0) is 31.2 Å². The first-order valence-electron chi connectivity index (χ1n) is 6.35. The highest BCUT2D eigenvalue weighted by Crippen LogP contribution is 2.26. The molecule has 1 unspecified atom stereocenters. The van der Waals surface area contributed by atoms with Gasteiger partial charge in [-0.1, -0.05) is 18.2 Å². The molecule has 0 saturated heterocycles. The molecule has 0 radical (unpaired) electrons. The Balaban J connectivity index is 1.91. The fourth-order valence-corrected chi connectivity index (χ4v) is 1.73. The van der Waals surface area contributed by atoms with E-state index in [2.05, 4.69) is 10.3 Å². The van der Waals surface area contributed by atoms with Crippen LogP contribution in [0.1, 0.15) is 6.92 Å². The van der Waals surface area contributed by atoms with E-state index in [-0.39, 0.29) is 6.10 Å². The number of methoxy groups -OCH3 is 1. The minimum absolute atomic E-state index is 0.114. The average molecular weight is 276 g/mol. The summed E-state index contributed by atoms with van der Waals surface area (Å²) in [6.07, 6.45) is -0.114. The highest BCUT2D eigenvalue weighted by atomic mass is 19.1. The lowest BCUT2D eigenvalue weighted by molar-refractivity contribution is 0.223. The van der Waals surface area contributed by atoms with Crippen molar-refractivity contribution in [1.82, 2.24) is 4.98 Å². The molecule has 1 aromatic carbocycles. The van der Waals surface area contributed by atoms with E-state index >= 15 is 0 Å². The van der Waals surface area contributed by atoms with Crippen LogP contribution in [-0.2, 0) is 0 Å². The average Bonchev–Trinajstić information content (AvgIpc) is 2.46. The van der Waals surface area contributed by atoms with Gasteiger partial charge in [0.2, 0.25) is 5.95 Å². The number of rotatable bonds is 6. The molecule has 0 bridgehead atoms. The maximum atomic E-state index is 12.9. The van der Waals surface area contributed by atoms with Crippen molar-refractivity contribution in [3.63, 3.8) is 0 Å². The molecule has 0 aliphatic rings. The summed E-state index contributed by atoms with van der Waals surface area (Å²) < 4.78 is 23.9. The molecule has 1 atom stereocenters. The van der Waals surface area contributed by atoms with Gasteiger partial charge < -0.3 is 14.8 Å². The molecule has 0 fully saturated rings. The Morgan fingerprint density at radius 2 is 1.90 bits per heavy atom. The number of aromatic nitrogens is 1. The summed E-state index contributed by atoms with van der Waals surface area (Å²) in [5, 5.41) is 3.03. The van der Waals surface area contributed by atoms with Gasteiger partial charge in [0.15, 0.2) is 11.5 Å². The van der Waals surface area contributed by atoms with E-state index < -0.39 is 5.95 Å². The fraction of sp³-hybridized carbons (Fsp3) is 0.267. The predicted molar refractivity (Wildman–Crippen MR) is 75.8 cm³/mol. The van der Waals surface area contributed by atoms with E-state index in [1.165, 1.54) is 6.07 Å². The van der Waals surface area contributed by atoms with Crippen LogP contribution in [0.3, 0.4) is 0 Å². The molecule has 2 aromatic rings. The molecule has 2 rings (SSSR count). The van der Waals surface area contributed by atoms with Crippen molar-refractivity contribution in [3.05, 3.63) is 48.4 Å². The van der Waals surface area contributed by atoms with E-state index in [1.807, 2.05) is 31.2 Å². The molecule has 1 aromatic heterocycles. The summed E-state index contributed by atoms with van der Waals surface area (Å²) in [7, 11) is 1.60. The molecule has 106 valence electrons. The van der Waals surface area contributed by atoms with Crippen molar-refractivity contribution in [3.8, 4) is 11.5 Å². The zero-order valence-electron chi connectivity index (χ0n) is 11.5. The zero-order valence-corrected chi connectivity index (χ0v) is 11.5. The maximum Gasteiger partial charge on any atom is 0.214 e. The van der Waals surface area contributed by atoms with Crippen LogP contribution < -0.4 is 14.8 Å². The third-order valence-electron chi connectivity index (χ3n) is 2.68. The molecule has 4 nitrogen and oxygen atoms in total. The fourth-order valence-electron chi connectivity index (χ4n) is 1.73. The molecule has 1 N–H and O–H groups in total. The smallest absolute Gasteiger partial charge is 0.214 e. The summed E-state index contributed by atoms with van der Waals surface area (Å²) >= 11 is 0. The molecule has 0 aliphatic carbocycles. The summed E-state index contributed by atoms with van der Waals surface area (Å²) in [5.74, 6) is 1.34. The maximum absolute atomic E-state index is 12.9. The van der Waals surface area contributed by atoms with Gasteiger partial charge in [-0.25, -0.2) is 4.98 Å². The minimum Gasteiger partial charge on any atom is -0.493 e. The Labute approximate surface area is 117 Å². The second kappa shape index (κ2) is 6.75. The van der Waals surface area contributed by atoms with Crippen LogP contribution in [0.15, 0.2) is 42.5 Å². The van der Waals surface area contributed by atoms with Crippen molar-refractivity contribution >= 4 is 5.82 Å². The van der Waals surface area contributed by atoms with Gasteiger partial charge in [0.1, 0.15) is 11.9 Å². The third kappa shape index (κ3) is 3.85. The Morgan fingerprint density at radius 1 is 1.15 bits per heavy atom. The van der Waals surface area contributed by atoms with Crippen molar-refractivity contribution < 1.29 is 13.9 Å². The second-order valence-corrected chi connectivity index (χ2v) is 4.31. The van der Waals surface area contributed by atoms with Crippen LogP contribution >= 0.6 is 0 Å². The van der Waals surface area contributed by atoms with Crippen LogP contribution in [0.4, 0.5) is 10.2 Å². The van der Waals surface area contributed by atoms with Crippen LogP contribution in [0.25, 0.3) is 0 Å². The van der Waals surface area contributed by atoms with Crippen LogP contribution in [0, 0.1) is 5.95 Å². The number of pyridine rings is 1. The number of nitrogens with one attached hydrogen (secondary N) is 1. The van der Waals surface area contributed by atoms with Gasteiger partial charge >= 0.3 is 0 Å². The van der Waals surface area contributed by atoms with Gasteiger partial charge in [-0.15, -0.1) is 0 Å². The Morgan fingerprint density at radius 3 is 2.60 bits per heavy atom. The first-order chi connectivity index (χ1) is 9.69. The van der Waals surface area contributed by atoms with Crippen molar-refractivity contribution in [2.45, 2.75) is 13.0 Å². The predicted octanol–water partition coefficient (Wildman–Crippen LogP) is 3.11. The Kier molecular flexibility index (Phi) is 4.76. The monoisotopic (exact) mass is 276 g/mol. The Hall–Kier alpha value is -2.30. The number of ether oxygens (including phenoxy) is 2. The second-order valence-electron chi connectivity index (χ2n) is 4.31.